The largest absolute Gasteiger partial charge is 0.462 e. The van der Waals surface area contributed by atoms with Crippen LogP contribution in [0.2, 0.25) is 0 Å². The smallest absolute Gasteiger partial charge is 0.331 e. The number of hydrogen-bond acceptors (Lipinski definition) is 2. The zero-order valence-corrected chi connectivity index (χ0v) is 15.8. The molecule has 0 aromatic heterocycles. The van der Waals surface area contributed by atoms with Crippen molar-refractivity contribution in [2.45, 2.75) is 13.3 Å². The predicted molar refractivity (Wildman–Crippen MR) is 112 cm³/mol. The van der Waals surface area contributed by atoms with E-state index < -0.39 is 6.89 Å². The zero-order chi connectivity index (χ0) is 18.2. The summed E-state index contributed by atoms with van der Waals surface area (Å²) in [7, 11) is 0. The molecular weight excluding hydrogens is 339 g/mol. The maximum atomic E-state index is 12.7. The van der Waals surface area contributed by atoms with Crippen molar-refractivity contribution in [3.05, 3.63) is 91.0 Å². The van der Waals surface area contributed by atoms with Gasteiger partial charge < -0.3 is 4.74 Å². The van der Waals surface area contributed by atoms with E-state index in [2.05, 4.69) is 36.4 Å². The van der Waals surface area contributed by atoms with Gasteiger partial charge in [0.15, 0.2) is 0 Å². The third-order valence-electron chi connectivity index (χ3n) is 4.24. The summed E-state index contributed by atoms with van der Waals surface area (Å²) >= 11 is 0. The minimum atomic E-state index is -2.25. The fraction of sp³-hybridized carbons (Fsp3) is 0.130. The van der Waals surface area contributed by atoms with Gasteiger partial charge in [-0.2, -0.15) is 0 Å². The Morgan fingerprint density at radius 1 is 0.769 bits per heavy atom. The van der Waals surface area contributed by atoms with Crippen molar-refractivity contribution in [3.8, 4) is 0 Å². The molecule has 26 heavy (non-hydrogen) atoms. The lowest BCUT2D eigenvalue weighted by Crippen LogP contribution is -2.29. The Bertz CT molecular complexity index is 784. The van der Waals surface area contributed by atoms with Crippen LogP contribution < -0.4 is 15.9 Å². The SMILES string of the molecule is CCCOC(=O)C=P(c1ccccc1)(c1ccccc1)c1ccccc1. The molecule has 0 atom stereocenters. The number of hydrogen-bond donors (Lipinski definition) is 0. The van der Waals surface area contributed by atoms with Gasteiger partial charge in [0, 0.05) is 5.80 Å². The van der Waals surface area contributed by atoms with Crippen molar-refractivity contribution in [2.75, 3.05) is 6.61 Å². The summed E-state index contributed by atoms with van der Waals surface area (Å²) in [4.78, 5) is 12.7. The number of esters is 1. The number of carbonyl (C=O) groups is 1. The van der Waals surface area contributed by atoms with E-state index in [0.717, 1.165) is 22.3 Å². The molecule has 2 nitrogen and oxygen atoms in total. The third kappa shape index (κ3) is 3.81. The molecule has 0 aliphatic rings. The van der Waals surface area contributed by atoms with Crippen LogP contribution in [-0.4, -0.2) is 18.4 Å². The van der Waals surface area contributed by atoms with Crippen molar-refractivity contribution < 1.29 is 9.53 Å². The lowest BCUT2D eigenvalue weighted by Gasteiger charge is -2.28. The third-order valence-corrected chi connectivity index (χ3v) is 8.17. The molecule has 0 heterocycles. The maximum absolute atomic E-state index is 12.7. The van der Waals surface area contributed by atoms with Gasteiger partial charge in [-0.15, -0.1) is 0 Å². The summed E-state index contributed by atoms with van der Waals surface area (Å²) in [6, 6.07) is 30.8. The standard InChI is InChI=1S/C23H23O2P/c1-2-18-25-23(24)19-26(20-12-6-3-7-13-20,21-14-8-4-9-15-21)22-16-10-5-11-17-22/h3-17,19H,2,18H2,1H3. The van der Waals surface area contributed by atoms with Gasteiger partial charge in [-0.05, 0) is 29.2 Å². The van der Waals surface area contributed by atoms with E-state index in [0.29, 0.717) is 6.61 Å². The van der Waals surface area contributed by atoms with Gasteiger partial charge in [0.25, 0.3) is 0 Å². The molecule has 3 aromatic carbocycles. The van der Waals surface area contributed by atoms with Crippen LogP contribution in [0.25, 0.3) is 0 Å². The Kier molecular flexibility index (Phi) is 6.09. The van der Waals surface area contributed by atoms with E-state index in [9.17, 15) is 4.79 Å². The highest BCUT2D eigenvalue weighted by molar-refractivity contribution is 7.95. The number of rotatable bonds is 6. The molecule has 0 aliphatic carbocycles. The fourth-order valence-corrected chi connectivity index (χ4v) is 6.72. The molecule has 0 unspecified atom stereocenters. The monoisotopic (exact) mass is 362 g/mol. The van der Waals surface area contributed by atoms with E-state index >= 15 is 0 Å². The van der Waals surface area contributed by atoms with Crippen LogP contribution in [0.4, 0.5) is 0 Å². The van der Waals surface area contributed by atoms with Gasteiger partial charge in [-0.25, -0.2) is 4.79 Å². The van der Waals surface area contributed by atoms with Gasteiger partial charge >= 0.3 is 5.97 Å². The highest BCUT2D eigenvalue weighted by Gasteiger charge is 2.26. The molecule has 3 heteroatoms. The first-order chi connectivity index (χ1) is 12.8. The van der Waals surface area contributed by atoms with Crippen LogP contribution in [0, 0.1) is 0 Å². The highest BCUT2D eigenvalue weighted by Crippen LogP contribution is 2.43. The average molecular weight is 362 g/mol. The Morgan fingerprint density at radius 2 is 1.15 bits per heavy atom. The maximum Gasteiger partial charge on any atom is 0.331 e. The zero-order valence-electron chi connectivity index (χ0n) is 14.9. The summed E-state index contributed by atoms with van der Waals surface area (Å²) in [5, 5.41) is 3.43. The Hall–Kier alpha value is -2.57. The van der Waals surface area contributed by atoms with Crippen LogP contribution in [0.1, 0.15) is 13.3 Å². The average Bonchev–Trinajstić information content (AvgIpc) is 2.72. The van der Waals surface area contributed by atoms with Crippen LogP contribution in [0.15, 0.2) is 91.0 Å². The molecule has 0 N–H and O–H groups in total. The normalized spacial score (nSPS) is 11.0. The van der Waals surface area contributed by atoms with E-state index in [1.54, 1.807) is 0 Å². The van der Waals surface area contributed by atoms with Crippen LogP contribution in [0.3, 0.4) is 0 Å². The first-order valence-electron chi connectivity index (χ1n) is 8.85. The predicted octanol–water partition coefficient (Wildman–Crippen LogP) is 3.74. The van der Waals surface area contributed by atoms with Crippen molar-refractivity contribution >= 4 is 34.6 Å². The van der Waals surface area contributed by atoms with Crippen molar-refractivity contribution in [3.63, 3.8) is 0 Å². The quantitative estimate of drug-likeness (QED) is 0.493. The first-order valence-corrected chi connectivity index (χ1v) is 10.7. The molecule has 0 aliphatic heterocycles. The lowest BCUT2D eigenvalue weighted by molar-refractivity contribution is -0.134. The second-order valence-electron chi connectivity index (χ2n) is 6.03. The van der Waals surface area contributed by atoms with Crippen LogP contribution in [-0.2, 0) is 9.53 Å². The summed E-state index contributed by atoms with van der Waals surface area (Å²) < 4.78 is 5.44. The van der Waals surface area contributed by atoms with Gasteiger partial charge in [-0.1, -0.05) is 97.9 Å². The molecule has 0 saturated heterocycles. The number of benzene rings is 3. The van der Waals surface area contributed by atoms with Crippen LogP contribution in [0.5, 0.6) is 0 Å². The van der Waals surface area contributed by atoms with Crippen molar-refractivity contribution in [2.24, 2.45) is 0 Å². The van der Waals surface area contributed by atoms with Gasteiger partial charge in [0.05, 0.1) is 6.61 Å². The minimum absolute atomic E-state index is 0.253. The van der Waals surface area contributed by atoms with Gasteiger partial charge in [0.1, 0.15) is 0 Å². The first kappa shape index (κ1) is 18.2. The highest BCUT2D eigenvalue weighted by atomic mass is 31.2. The fourth-order valence-electron chi connectivity index (χ4n) is 3.06. The van der Waals surface area contributed by atoms with Crippen molar-refractivity contribution in [1.82, 2.24) is 0 Å². The summed E-state index contributed by atoms with van der Waals surface area (Å²) in [6.45, 7) is 0.190. The summed E-state index contributed by atoms with van der Waals surface area (Å²) in [5.74, 6) is 1.57. The Balaban J connectivity index is 2.32. The molecule has 0 fully saturated rings. The molecule has 0 saturated carbocycles. The molecular formula is C23H23O2P. The van der Waals surface area contributed by atoms with Crippen molar-refractivity contribution in [1.29, 1.82) is 0 Å². The second kappa shape index (κ2) is 8.69. The second-order valence-corrected chi connectivity index (χ2v) is 9.28. The number of ether oxygens (including phenoxy) is 1. The molecule has 3 rings (SSSR count). The van der Waals surface area contributed by atoms with E-state index in [1.807, 2.05) is 67.3 Å². The molecule has 0 amide bonds. The summed E-state index contributed by atoms with van der Waals surface area (Å²) in [5.41, 5.74) is 0. The molecule has 0 radical (unpaired) electrons. The van der Waals surface area contributed by atoms with Gasteiger partial charge in [0.2, 0.25) is 0 Å². The molecule has 132 valence electrons. The Labute approximate surface area is 155 Å². The summed E-state index contributed by atoms with van der Waals surface area (Å²) in [6.07, 6.45) is 0.813. The minimum Gasteiger partial charge on any atom is -0.462 e. The van der Waals surface area contributed by atoms with Crippen LogP contribution >= 0.6 is 6.89 Å². The van der Waals surface area contributed by atoms with E-state index in [4.69, 9.17) is 4.74 Å². The number of carbonyl (C=O) groups excluding carboxylic acids is 1. The van der Waals surface area contributed by atoms with E-state index in [1.165, 1.54) is 0 Å². The lowest BCUT2D eigenvalue weighted by atomic mass is 10.4. The molecule has 0 spiro atoms. The molecule has 0 bridgehead atoms. The molecule has 3 aromatic rings. The van der Waals surface area contributed by atoms with Gasteiger partial charge in [-0.3, -0.25) is 0 Å². The topological polar surface area (TPSA) is 26.3 Å². The van der Waals surface area contributed by atoms with E-state index in [-0.39, 0.29) is 5.97 Å². The Morgan fingerprint density at radius 3 is 1.50 bits per heavy atom.